The summed E-state index contributed by atoms with van der Waals surface area (Å²) in [6, 6.07) is 42.4. The Morgan fingerprint density at radius 3 is 1.34 bits per heavy atom. The number of benzene rings is 4. The van der Waals surface area contributed by atoms with Crippen LogP contribution in [0.2, 0.25) is 0 Å². The fourth-order valence-electron chi connectivity index (χ4n) is 5.37. The molecule has 0 fully saturated rings. The molecule has 0 N–H and O–H groups in total. The highest BCUT2D eigenvalue weighted by molar-refractivity contribution is 5.18. The van der Waals surface area contributed by atoms with Crippen molar-refractivity contribution in [2.24, 2.45) is 0 Å². The van der Waals surface area contributed by atoms with Gasteiger partial charge in [-0.1, -0.05) is 121 Å². The van der Waals surface area contributed by atoms with Crippen molar-refractivity contribution in [2.75, 3.05) is 40.8 Å². The van der Waals surface area contributed by atoms with E-state index in [-0.39, 0.29) is 25.0 Å². The minimum Gasteiger partial charge on any atom is -0.378 e. The number of nitrogens with zero attached hydrogens (tertiary/aromatic N) is 2. The monoisotopic (exact) mass is 596 g/mol. The quantitative estimate of drug-likeness (QED) is 0.0826. The highest BCUT2D eigenvalue weighted by atomic mass is 16.7. The molecule has 3 unspecified atom stereocenters. The van der Waals surface area contributed by atoms with Crippen molar-refractivity contribution >= 4 is 0 Å². The van der Waals surface area contributed by atoms with E-state index in [2.05, 4.69) is 138 Å². The van der Waals surface area contributed by atoms with E-state index in [1.807, 2.05) is 0 Å². The Morgan fingerprint density at radius 1 is 0.523 bits per heavy atom. The molecule has 4 aromatic carbocycles. The first-order chi connectivity index (χ1) is 21.6. The minimum absolute atomic E-state index is 0.0876. The zero-order valence-electron chi connectivity index (χ0n) is 26.5. The minimum atomic E-state index is -0.114. The molecule has 0 saturated heterocycles. The fraction of sp³-hybridized carbons (Fsp3) is 0.368. The maximum atomic E-state index is 6.01. The molecule has 6 heteroatoms. The molecule has 4 rings (SSSR count). The third-order valence-corrected chi connectivity index (χ3v) is 7.92. The number of methoxy groups -OCH3 is 2. The number of ether oxygens (including phenoxy) is 4. The van der Waals surface area contributed by atoms with Gasteiger partial charge in [-0.2, -0.15) is 0 Å². The fourth-order valence-corrected chi connectivity index (χ4v) is 5.37. The topological polar surface area (TPSA) is 43.4 Å². The van der Waals surface area contributed by atoms with Crippen molar-refractivity contribution in [2.45, 2.75) is 51.4 Å². The standard InChI is InChI=1S/C38H48N2O4/c1-32(40(26-35-20-12-6-13-21-35)27-36-22-14-7-15-23-36)38(42-3)30-44-31-43-29-37(41-2)28-39(24-33-16-8-4-9-17-33)25-34-18-10-5-11-19-34/h4-23,32,37-38H,24-31H2,1-3H3. The predicted octanol–water partition coefficient (Wildman–Crippen LogP) is 6.80. The summed E-state index contributed by atoms with van der Waals surface area (Å²) in [6.07, 6.45) is -0.202. The summed E-state index contributed by atoms with van der Waals surface area (Å²) in [5.74, 6) is 0. The van der Waals surface area contributed by atoms with E-state index in [1.165, 1.54) is 22.3 Å². The van der Waals surface area contributed by atoms with Crippen LogP contribution < -0.4 is 0 Å². The summed E-state index contributed by atoms with van der Waals surface area (Å²) in [4.78, 5) is 4.85. The van der Waals surface area contributed by atoms with Crippen LogP contribution in [0.4, 0.5) is 0 Å². The SMILES string of the molecule is COC(COCOCC(OC)C(C)N(Cc1ccccc1)Cc1ccccc1)CN(Cc1ccccc1)Cc1ccccc1. The van der Waals surface area contributed by atoms with Crippen LogP contribution in [0.1, 0.15) is 29.2 Å². The van der Waals surface area contributed by atoms with Gasteiger partial charge in [-0.25, -0.2) is 0 Å². The van der Waals surface area contributed by atoms with Gasteiger partial charge in [0.15, 0.2) is 0 Å². The van der Waals surface area contributed by atoms with Crippen molar-refractivity contribution in [3.63, 3.8) is 0 Å². The van der Waals surface area contributed by atoms with Gasteiger partial charge in [0.2, 0.25) is 0 Å². The van der Waals surface area contributed by atoms with Gasteiger partial charge in [-0.15, -0.1) is 0 Å². The second-order valence-corrected chi connectivity index (χ2v) is 11.2. The third kappa shape index (κ3) is 11.6. The lowest BCUT2D eigenvalue weighted by atomic mass is 10.1. The van der Waals surface area contributed by atoms with Gasteiger partial charge in [-0.05, 0) is 29.2 Å². The van der Waals surface area contributed by atoms with Crippen LogP contribution in [0.15, 0.2) is 121 Å². The van der Waals surface area contributed by atoms with Gasteiger partial charge < -0.3 is 18.9 Å². The van der Waals surface area contributed by atoms with Crippen molar-refractivity contribution in [3.8, 4) is 0 Å². The molecule has 234 valence electrons. The maximum Gasteiger partial charge on any atom is 0.146 e. The average molecular weight is 597 g/mol. The molecule has 3 atom stereocenters. The normalized spacial score (nSPS) is 13.7. The molecular weight excluding hydrogens is 548 g/mol. The largest absolute Gasteiger partial charge is 0.378 e. The van der Waals surface area contributed by atoms with Crippen molar-refractivity contribution in [3.05, 3.63) is 144 Å². The molecule has 0 saturated carbocycles. The molecule has 44 heavy (non-hydrogen) atoms. The van der Waals surface area contributed by atoms with E-state index in [0.717, 1.165) is 32.7 Å². The van der Waals surface area contributed by atoms with Gasteiger partial charge in [0, 0.05) is 53.0 Å². The summed E-state index contributed by atoms with van der Waals surface area (Å²) >= 11 is 0. The highest BCUT2D eigenvalue weighted by Gasteiger charge is 2.24. The molecule has 0 amide bonds. The number of hydrogen-bond donors (Lipinski definition) is 0. The van der Waals surface area contributed by atoms with Gasteiger partial charge in [-0.3, -0.25) is 9.80 Å². The second-order valence-electron chi connectivity index (χ2n) is 11.2. The Hall–Kier alpha value is -3.36. The number of rotatable bonds is 20. The average Bonchev–Trinajstić information content (AvgIpc) is 3.07. The van der Waals surface area contributed by atoms with Crippen LogP contribution in [-0.4, -0.2) is 68.8 Å². The molecule has 0 aromatic heterocycles. The molecule has 4 aromatic rings. The van der Waals surface area contributed by atoms with Crippen LogP contribution in [0.5, 0.6) is 0 Å². The van der Waals surface area contributed by atoms with Gasteiger partial charge >= 0.3 is 0 Å². The predicted molar refractivity (Wildman–Crippen MR) is 177 cm³/mol. The van der Waals surface area contributed by atoms with Crippen molar-refractivity contribution in [1.82, 2.24) is 9.80 Å². The van der Waals surface area contributed by atoms with E-state index in [1.54, 1.807) is 14.2 Å². The van der Waals surface area contributed by atoms with Gasteiger partial charge in [0.25, 0.3) is 0 Å². The Kier molecular flexibility index (Phi) is 14.6. The van der Waals surface area contributed by atoms with E-state index < -0.39 is 0 Å². The number of hydrogen-bond acceptors (Lipinski definition) is 6. The third-order valence-electron chi connectivity index (χ3n) is 7.92. The van der Waals surface area contributed by atoms with Crippen LogP contribution >= 0.6 is 0 Å². The maximum absolute atomic E-state index is 6.01. The molecule has 0 aliphatic heterocycles. The Labute approximate surface area is 264 Å². The summed E-state index contributed by atoms with van der Waals surface area (Å²) in [5, 5.41) is 0. The lowest BCUT2D eigenvalue weighted by molar-refractivity contribution is -0.119. The zero-order chi connectivity index (χ0) is 30.8. The van der Waals surface area contributed by atoms with Crippen LogP contribution in [0.25, 0.3) is 0 Å². The molecule has 0 heterocycles. The molecule has 0 bridgehead atoms. The first-order valence-corrected chi connectivity index (χ1v) is 15.5. The van der Waals surface area contributed by atoms with Crippen LogP contribution in [0, 0.1) is 0 Å². The summed E-state index contributed by atoms with van der Waals surface area (Å²) in [5.41, 5.74) is 5.09. The molecule has 6 nitrogen and oxygen atoms in total. The Morgan fingerprint density at radius 2 is 0.932 bits per heavy atom. The Balaban J connectivity index is 1.27. The molecule has 0 aliphatic carbocycles. The first-order valence-electron chi connectivity index (χ1n) is 15.5. The van der Waals surface area contributed by atoms with Crippen molar-refractivity contribution < 1.29 is 18.9 Å². The molecular formula is C38H48N2O4. The zero-order valence-corrected chi connectivity index (χ0v) is 26.5. The van der Waals surface area contributed by atoms with Crippen molar-refractivity contribution in [1.29, 1.82) is 0 Å². The second kappa shape index (κ2) is 19.1. The highest BCUT2D eigenvalue weighted by Crippen LogP contribution is 2.18. The molecule has 0 radical (unpaired) electrons. The summed E-state index contributed by atoms with van der Waals surface area (Å²) in [7, 11) is 3.50. The summed E-state index contributed by atoms with van der Waals surface area (Å²) < 4.78 is 23.7. The van der Waals surface area contributed by atoms with E-state index in [9.17, 15) is 0 Å². The van der Waals surface area contributed by atoms with E-state index >= 15 is 0 Å². The smallest absolute Gasteiger partial charge is 0.146 e. The van der Waals surface area contributed by atoms with Crippen LogP contribution in [-0.2, 0) is 45.1 Å². The van der Waals surface area contributed by atoms with E-state index in [0.29, 0.717) is 13.2 Å². The molecule has 0 spiro atoms. The lowest BCUT2D eigenvalue weighted by Gasteiger charge is -2.34. The van der Waals surface area contributed by atoms with E-state index in [4.69, 9.17) is 18.9 Å². The van der Waals surface area contributed by atoms with Gasteiger partial charge in [0.05, 0.1) is 25.4 Å². The summed E-state index contributed by atoms with van der Waals surface area (Å²) in [6.45, 7) is 7.33. The molecule has 0 aliphatic rings. The first kappa shape index (κ1) is 33.5. The van der Waals surface area contributed by atoms with Crippen LogP contribution in [0.3, 0.4) is 0 Å². The van der Waals surface area contributed by atoms with Gasteiger partial charge in [0.1, 0.15) is 6.79 Å². The Bertz CT molecular complexity index is 1190. The lowest BCUT2D eigenvalue weighted by Crippen LogP contribution is -2.44.